The van der Waals surface area contributed by atoms with Crippen LogP contribution in [0.4, 0.5) is 0 Å². The zero-order valence-electron chi connectivity index (χ0n) is 40.9. The molecule has 0 amide bonds. The zero-order chi connectivity index (χ0) is 48.3. The number of nitrogens with zero attached hydrogens (tertiary/aromatic N) is 3. The van der Waals surface area contributed by atoms with E-state index in [4.69, 9.17) is 37.9 Å². The Morgan fingerprint density at radius 2 is 1.10 bits per heavy atom. The van der Waals surface area contributed by atoms with Crippen LogP contribution in [0.1, 0.15) is 112 Å². The molecular weight excluding hydrogens is 879 g/mol. The molecule has 11 nitrogen and oxygen atoms in total. The van der Waals surface area contributed by atoms with Crippen molar-refractivity contribution in [2.24, 2.45) is 5.11 Å². The molecule has 1 unspecified atom stereocenters. The van der Waals surface area contributed by atoms with E-state index in [1.807, 2.05) is 152 Å². The Labute approximate surface area is 416 Å². The van der Waals surface area contributed by atoms with Crippen LogP contribution in [0.15, 0.2) is 169 Å². The van der Waals surface area contributed by atoms with E-state index in [-0.39, 0.29) is 26.4 Å². The monoisotopic (exact) mass is 952 g/mol. The van der Waals surface area contributed by atoms with Crippen LogP contribution in [-0.4, -0.2) is 62.2 Å². The molecule has 2 fully saturated rings. The Bertz CT molecular complexity index is 2220. The third-order valence-electron chi connectivity index (χ3n) is 12.9. The standard InChI is InChI=1S/C59H73N3O8/c1-2-3-4-5-6-7-8-9-10-11-12-28-39-52(63-40-46-29-18-13-19-30-46)54(64-41-47-31-20-14-21-32-47)51(61-62-60)44-67-59-57(66-43-49-35-24-16-25-36-49)56(65-42-48-33-22-15-23-34-48)55-53(69-59)45-68-58(70-55)50-37-26-17-27-38-50/h12-38,51-59H,2-11,39-45H2,1H3/b28-12+/t51-,52+,53+,54-,55-,56-,57+,58?,59-/m0/s1. The summed E-state index contributed by atoms with van der Waals surface area (Å²) in [5, 5.41) is 4.39. The third kappa shape index (κ3) is 17.3. The molecule has 0 radical (unpaired) electrons. The molecule has 2 saturated heterocycles. The van der Waals surface area contributed by atoms with Crippen molar-refractivity contribution < 1.29 is 37.9 Å². The number of unbranched alkanes of at least 4 members (excludes halogenated alkanes) is 9. The van der Waals surface area contributed by atoms with Crippen LogP contribution in [-0.2, 0) is 64.3 Å². The Morgan fingerprint density at radius 3 is 1.67 bits per heavy atom. The number of hydrogen-bond donors (Lipinski definition) is 0. The van der Waals surface area contributed by atoms with Crippen LogP contribution < -0.4 is 0 Å². The van der Waals surface area contributed by atoms with Gasteiger partial charge in [-0.1, -0.05) is 227 Å². The van der Waals surface area contributed by atoms with Gasteiger partial charge in [0.15, 0.2) is 12.6 Å². The number of hydrogen-bond acceptors (Lipinski definition) is 9. The van der Waals surface area contributed by atoms with Crippen LogP contribution in [0.2, 0.25) is 0 Å². The second-order valence-electron chi connectivity index (χ2n) is 18.3. The van der Waals surface area contributed by atoms with Crippen molar-refractivity contribution in [2.45, 2.75) is 159 Å². The van der Waals surface area contributed by atoms with Crippen LogP contribution in [0.25, 0.3) is 10.4 Å². The molecule has 7 rings (SSSR count). The summed E-state index contributed by atoms with van der Waals surface area (Å²) in [4.78, 5) is 3.37. The van der Waals surface area contributed by atoms with Gasteiger partial charge in [0.05, 0.1) is 57.9 Å². The summed E-state index contributed by atoms with van der Waals surface area (Å²) in [6, 6.07) is 49.2. The largest absolute Gasteiger partial charge is 0.371 e. The lowest BCUT2D eigenvalue weighted by molar-refractivity contribution is -0.373. The first kappa shape index (κ1) is 52.6. The van der Waals surface area contributed by atoms with Crippen LogP contribution >= 0.6 is 0 Å². The predicted molar refractivity (Wildman–Crippen MR) is 273 cm³/mol. The van der Waals surface area contributed by atoms with Gasteiger partial charge in [0.2, 0.25) is 0 Å². The molecular formula is C59H73N3O8. The third-order valence-corrected chi connectivity index (χ3v) is 12.9. The van der Waals surface area contributed by atoms with Crippen molar-refractivity contribution in [1.29, 1.82) is 0 Å². The average molecular weight is 952 g/mol. The van der Waals surface area contributed by atoms with Gasteiger partial charge in [-0.2, -0.15) is 0 Å². The highest BCUT2D eigenvalue weighted by Crippen LogP contribution is 2.38. The van der Waals surface area contributed by atoms with E-state index in [9.17, 15) is 5.53 Å². The summed E-state index contributed by atoms with van der Waals surface area (Å²) >= 11 is 0. The topological polar surface area (TPSA) is 123 Å². The molecule has 9 atom stereocenters. The van der Waals surface area contributed by atoms with Crippen molar-refractivity contribution in [2.75, 3.05) is 13.2 Å². The van der Waals surface area contributed by atoms with Crippen molar-refractivity contribution in [3.05, 3.63) is 202 Å². The second-order valence-corrected chi connectivity index (χ2v) is 18.3. The summed E-state index contributed by atoms with van der Waals surface area (Å²) in [6.07, 6.45) is 12.1. The lowest BCUT2D eigenvalue weighted by atomic mass is 9.96. The summed E-state index contributed by atoms with van der Waals surface area (Å²) in [7, 11) is 0. The van der Waals surface area contributed by atoms with E-state index in [0.29, 0.717) is 19.6 Å². The fourth-order valence-corrected chi connectivity index (χ4v) is 9.04. The fraction of sp³-hybridized carbons (Fsp3) is 0.458. The summed E-state index contributed by atoms with van der Waals surface area (Å²) < 4.78 is 54.1. The SMILES string of the molecule is CCCCCCCCCCC/C=C/C[C@@H](OCc1ccccc1)[C@@H](OCc1ccccc1)[C@H](CO[C@H]1O[C@@H]2COC(c3ccccc3)O[C@@H]2[C@H](OCc2ccccc2)[C@H]1OCc1ccccc1)N=[N+]=[N-]. The number of azide groups is 1. The zero-order valence-corrected chi connectivity index (χ0v) is 40.9. The van der Waals surface area contributed by atoms with Crippen molar-refractivity contribution in [3.8, 4) is 0 Å². The number of allylic oxidation sites excluding steroid dienone is 1. The van der Waals surface area contributed by atoms with E-state index in [2.05, 4.69) is 29.1 Å². The molecule has 0 spiro atoms. The molecule has 2 aliphatic rings. The van der Waals surface area contributed by atoms with Gasteiger partial charge in [-0.3, -0.25) is 0 Å². The Kier molecular flexibility index (Phi) is 23.0. The summed E-state index contributed by atoms with van der Waals surface area (Å²) in [6.45, 7) is 3.61. The summed E-state index contributed by atoms with van der Waals surface area (Å²) in [5.41, 5.74) is 15.1. The van der Waals surface area contributed by atoms with Crippen molar-refractivity contribution >= 4 is 0 Å². The van der Waals surface area contributed by atoms with Gasteiger partial charge in [0.1, 0.15) is 24.4 Å². The molecule has 5 aromatic rings. The van der Waals surface area contributed by atoms with E-state index >= 15 is 0 Å². The van der Waals surface area contributed by atoms with E-state index in [1.54, 1.807) is 0 Å². The van der Waals surface area contributed by atoms with Gasteiger partial charge in [0, 0.05) is 10.5 Å². The highest BCUT2D eigenvalue weighted by molar-refractivity contribution is 5.19. The molecule has 0 saturated carbocycles. The lowest BCUT2D eigenvalue weighted by Gasteiger charge is -2.49. The van der Waals surface area contributed by atoms with E-state index in [1.165, 1.54) is 51.4 Å². The number of benzene rings is 5. The van der Waals surface area contributed by atoms with Crippen LogP contribution in [0.3, 0.4) is 0 Å². The highest BCUT2D eigenvalue weighted by Gasteiger charge is 2.52. The second kappa shape index (κ2) is 30.5. The Balaban J connectivity index is 1.13. The van der Waals surface area contributed by atoms with Crippen LogP contribution in [0.5, 0.6) is 0 Å². The van der Waals surface area contributed by atoms with Gasteiger partial charge in [-0.05, 0) is 47.0 Å². The maximum Gasteiger partial charge on any atom is 0.186 e. The molecule has 70 heavy (non-hydrogen) atoms. The van der Waals surface area contributed by atoms with Gasteiger partial charge in [0.25, 0.3) is 0 Å². The molecule has 0 N–H and O–H groups in total. The highest BCUT2D eigenvalue weighted by atomic mass is 16.8. The minimum absolute atomic E-state index is 0.0656. The lowest BCUT2D eigenvalue weighted by Crippen LogP contribution is -2.63. The molecule has 0 bridgehead atoms. The van der Waals surface area contributed by atoms with Gasteiger partial charge < -0.3 is 37.9 Å². The predicted octanol–water partition coefficient (Wildman–Crippen LogP) is 13.7. The first-order valence-electron chi connectivity index (χ1n) is 25.6. The number of rotatable bonds is 31. The Hall–Kier alpha value is -5.17. The maximum atomic E-state index is 10.2. The minimum atomic E-state index is -0.975. The summed E-state index contributed by atoms with van der Waals surface area (Å²) in [5.74, 6) is 0. The smallest absolute Gasteiger partial charge is 0.186 e. The quantitative estimate of drug-likeness (QED) is 0.0141. The molecule has 0 aliphatic carbocycles. The molecule has 5 aromatic carbocycles. The average Bonchev–Trinajstić information content (AvgIpc) is 3.41. The molecule has 2 aliphatic heterocycles. The normalized spacial score (nSPS) is 21.4. The molecule has 372 valence electrons. The fourth-order valence-electron chi connectivity index (χ4n) is 9.04. The molecule has 0 aromatic heterocycles. The first-order valence-corrected chi connectivity index (χ1v) is 25.6. The minimum Gasteiger partial charge on any atom is -0.371 e. The number of ether oxygens (including phenoxy) is 8. The van der Waals surface area contributed by atoms with E-state index < -0.39 is 55.2 Å². The number of fused-ring (bicyclic) bond motifs is 1. The Morgan fingerprint density at radius 1 is 0.586 bits per heavy atom. The van der Waals surface area contributed by atoms with Crippen molar-refractivity contribution in [3.63, 3.8) is 0 Å². The van der Waals surface area contributed by atoms with E-state index in [0.717, 1.165) is 40.7 Å². The molecule has 11 heteroatoms. The molecule has 2 heterocycles. The van der Waals surface area contributed by atoms with Crippen LogP contribution in [0, 0.1) is 0 Å². The maximum absolute atomic E-state index is 10.2. The van der Waals surface area contributed by atoms with Gasteiger partial charge in [-0.15, -0.1) is 0 Å². The first-order chi connectivity index (χ1) is 34.7. The van der Waals surface area contributed by atoms with Crippen molar-refractivity contribution in [1.82, 2.24) is 0 Å². The van der Waals surface area contributed by atoms with Gasteiger partial charge in [-0.25, -0.2) is 0 Å². The van der Waals surface area contributed by atoms with Gasteiger partial charge >= 0.3 is 0 Å².